The van der Waals surface area contributed by atoms with E-state index in [9.17, 15) is 19.8 Å². The number of nitrogens with zero attached hydrogens (tertiary/aromatic N) is 3. The van der Waals surface area contributed by atoms with Gasteiger partial charge >= 0.3 is 0 Å². The number of phenolic OH excluding ortho intramolecular Hbond substituents is 2. The largest absolute Gasteiger partial charge is 0.507 e. The molecule has 2 aromatic carbocycles. The van der Waals surface area contributed by atoms with E-state index in [2.05, 4.69) is 15.0 Å². The van der Waals surface area contributed by atoms with Crippen molar-refractivity contribution in [1.29, 1.82) is 0 Å². The van der Waals surface area contributed by atoms with Crippen molar-refractivity contribution in [2.24, 2.45) is 5.16 Å². The first-order valence-electron chi connectivity index (χ1n) is 12.5. The van der Waals surface area contributed by atoms with Gasteiger partial charge in [0.05, 0.1) is 35.1 Å². The minimum Gasteiger partial charge on any atom is -0.507 e. The summed E-state index contributed by atoms with van der Waals surface area (Å²) in [6.07, 6.45) is 4.15. The Morgan fingerprint density at radius 2 is 1.82 bits per heavy atom. The first-order chi connectivity index (χ1) is 18.3. The lowest BCUT2D eigenvalue weighted by Gasteiger charge is -2.44. The number of hydrogen-bond acceptors (Lipinski definition) is 9. The summed E-state index contributed by atoms with van der Waals surface area (Å²) in [5.41, 5.74) is 1.89. The van der Waals surface area contributed by atoms with E-state index in [1.807, 2.05) is 26.0 Å². The Hall–Kier alpha value is -4.24. The number of ether oxygens (including phenoxy) is 1. The molecule has 1 aliphatic carbocycles. The van der Waals surface area contributed by atoms with Gasteiger partial charge in [0.2, 0.25) is 5.78 Å². The van der Waals surface area contributed by atoms with Crippen LogP contribution in [-0.2, 0) is 17.8 Å². The fraction of sp³-hybridized carbons (Fsp3) is 0.310. The second kappa shape index (κ2) is 8.66. The standard InChI is InChI=1S/C29H27N3O6/c1-4-38-31-20-12-18-21-17(13-29(20,2)32(18)14-15-8-10-30-11-9-15)26(34)23-24(27(21)35)28(36)22-16(25(23)33)6-5-7-19(22)37-3/h5-11,18,34-35H,4,12-14H2,1-3H3. The highest BCUT2D eigenvalue weighted by atomic mass is 16.6. The van der Waals surface area contributed by atoms with Crippen molar-refractivity contribution in [2.45, 2.75) is 44.8 Å². The van der Waals surface area contributed by atoms with Gasteiger partial charge < -0.3 is 19.8 Å². The van der Waals surface area contributed by atoms with Crippen LogP contribution in [0.15, 0.2) is 47.9 Å². The Morgan fingerprint density at radius 3 is 2.53 bits per heavy atom. The number of carbonyl (C=O) groups is 2. The van der Waals surface area contributed by atoms with Crippen molar-refractivity contribution < 1.29 is 29.4 Å². The number of benzene rings is 2. The highest BCUT2D eigenvalue weighted by molar-refractivity contribution is 6.31. The van der Waals surface area contributed by atoms with Crippen LogP contribution in [0.4, 0.5) is 0 Å². The van der Waals surface area contributed by atoms with Gasteiger partial charge in [-0.3, -0.25) is 19.5 Å². The van der Waals surface area contributed by atoms with E-state index in [0.29, 0.717) is 30.7 Å². The van der Waals surface area contributed by atoms with Gasteiger partial charge in [-0.15, -0.1) is 0 Å². The fourth-order valence-corrected chi connectivity index (χ4v) is 6.23. The number of methoxy groups -OCH3 is 1. The molecule has 2 bridgehead atoms. The lowest BCUT2D eigenvalue weighted by atomic mass is 9.76. The number of aromatic hydroxyl groups is 2. The van der Waals surface area contributed by atoms with Crippen molar-refractivity contribution in [3.63, 3.8) is 0 Å². The molecule has 0 radical (unpaired) electrons. The second-order valence-corrected chi connectivity index (χ2v) is 9.99. The number of carbonyl (C=O) groups excluding carboxylic acids is 2. The van der Waals surface area contributed by atoms with Crippen molar-refractivity contribution in [3.05, 3.63) is 81.7 Å². The van der Waals surface area contributed by atoms with E-state index >= 15 is 0 Å². The summed E-state index contributed by atoms with van der Waals surface area (Å²) in [7, 11) is 1.42. The zero-order valence-corrected chi connectivity index (χ0v) is 21.3. The molecule has 3 aliphatic rings. The van der Waals surface area contributed by atoms with Crippen molar-refractivity contribution in [3.8, 4) is 17.2 Å². The number of hydrogen-bond donors (Lipinski definition) is 2. The summed E-state index contributed by atoms with van der Waals surface area (Å²) in [4.78, 5) is 39.2. The lowest BCUT2D eigenvalue weighted by molar-refractivity contribution is 0.0959. The maximum atomic E-state index is 13.8. The molecule has 9 nitrogen and oxygen atoms in total. The molecular weight excluding hydrogens is 486 g/mol. The predicted octanol–water partition coefficient (Wildman–Crippen LogP) is 3.93. The van der Waals surface area contributed by atoms with E-state index < -0.39 is 23.1 Å². The van der Waals surface area contributed by atoms with Gasteiger partial charge in [0.1, 0.15) is 23.9 Å². The summed E-state index contributed by atoms with van der Waals surface area (Å²) in [5.74, 6) is -1.40. The van der Waals surface area contributed by atoms with Gasteiger partial charge in [-0.05, 0) is 37.6 Å². The predicted molar refractivity (Wildman–Crippen MR) is 138 cm³/mol. The van der Waals surface area contributed by atoms with Crippen LogP contribution in [0, 0.1) is 0 Å². The number of ketones is 2. The Labute approximate surface area is 219 Å². The molecule has 38 heavy (non-hydrogen) atoms. The number of fused-ring (bicyclic) bond motifs is 6. The molecule has 6 rings (SSSR count). The SMILES string of the molecule is CCON=C1CC2c3c(O)c4c(c(O)c3CC1(C)N2Cc1ccncc1)C(=O)c1cccc(OC)c1C4=O. The smallest absolute Gasteiger partial charge is 0.202 e. The number of pyridine rings is 1. The van der Waals surface area contributed by atoms with Gasteiger partial charge in [0.15, 0.2) is 5.78 Å². The molecule has 0 saturated carbocycles. The van der Waals surface area contributed by atoms with Crippen LogP contribution < -0.4 is 4.74 Å². The topological polar surface area (TPSA) is 122 Å². The van der Waals surface area contributed by atoms with E-state index in [4.69, 9.17) is 9.57 Å². The fourth-order valence-electron chi connectivity index (χ4n) is 6.23. The van der Waals surface area contributed by atoms with Crippen molar-refractivity contribution >= 4 is 17.3 Å². The Kier molecular flexibility index (Phi) is 5.50. The third-order valence-electron chi connectivity index (χ3n) is 8.04. The number of oxime groups is 1. The van der Waals surface area contributed by atoms with Crippen LogP contribution in [0.1, 0.15) is 74.8 Å². The highest BCUT2D eigenvalue weighted by Gasteiger charge is 2.56. The summed E-state index contributed by atoms with van der Waals surface area (Å²) in [6.45, 7) is 4.80. The van der Waals surface area contributed by atoms with E-state index in [1.54, 1.807) is 24.5 Å². The second-order valence-electron chi connectivity index (χ2n) is 9.99. The maximum Gasteiger partial charge on any atom is 0.202 e. The zero-order valence-electron chi connectivity index (χ0n) is 21.3. The van der Waals surface area contributed by atoms with Crippen LogP contribution in [0.25, 0.3) is 0 Å². The van der Waals surface area contributed by atoms with E-state index in [0.717, 1.165) is 11.3 Å². The molecule has 3 aromatic rings. The van der Waals surface area contributed by atoms with Crippen molar-refractivity contribution in [2.75, 3.05) is 13.7 Å². The average molecular weight is 514 g/mol. The van der Waals surface area contributed by atoms with Crippen molar-refractivity contribution in [1.82, 2.24) is 9.88 Å². The van der Waals surface area contributed by atoms with E-state index in [1.165, 1.54) is 13.2 Å². The van der Waals surface area contributed by atoms with Crippen LogP contribution >= 0.6 is 0 Å². The zero-order chi connectivity index (χ0) is 26.8. The van der Waals surface area contributed by atoms with Crippen LogP contribution in [-0.4, -0.2) is 56.6 Å². The van der Waals surface area contributed by atoms with Crippen LogP contribution in [0.2, 0.25) is 0 Å². The molecular formula is C29H27N3O6. The third kappa shape index (κ3) is 3.21. The monoisotopic (exact) mass is 513 g/mol. The van der Waals surface area contributed by atoms with E-state index in [-0.39, 0.29) is 45.9 Å². The molecule has 1 aromatic heterocycles. The Balaban J connectivity index is 1.57. The number of aromatic nitrogens is 1. The van der Waals surface area contributed by atoms with Gasteiger partial charge in [-0.25, -0.2) is 0 Å². The highest BCUT2D eigenvalue weighted by Crippen LogP contribution is 2.56. The molecule has 0 amide bonds. The molecule has 3 heterocycles. The Bertz CT molecular complexity index is 1530. The molecule has 2 unspecified atom stereocenters. The molecule has 0 spiro atoms. The number of rotatable bonds is 5. The molecule has 1 fully saturated rings. The molecule has 2 atom stereocenters. The van der Waals surface area contributed by atoms with Crippen LogP contribution in [0.5, 0.6) is 17.2 Å². The lowest BCUT2D eigenvalue weighted by Crippen LogP contribution is -2.50. The summed E-state index contributed by atoms with van der Waals surface area (Å²) in [5, 5.41) is 27.7. The maximum absolute atomic E-state index is 13.8. The average Bonchev–Trinajstić information content (AvgIpc) is 3.09. The summed E-state index contributed by atoms with van der Waals surface area (Å²) < 4.78 is 5.37. The van der Waals surface area contributed by atoms with Gasteiger partial charge in [0.25, 0.3) is 0 Å². The molecule has 1 saturated heterocycles. The molecule has 2 N–H and O–H groups in total. The molecule has 2 aliphatic heterocycles. The summed E-state index contributed by atoms with van der Waals surface area (Å²) >= 11 is 0. The summed E-state index contributed by atoms with van der Waals surface area (Å²) in [6, 6.07) is 8.19. The van der Waals surface area contributed by atoms with Gasteiger partial charge in [-0.1, -0.05) is 17.3 Å². The quantitative estimate of drug-likeness (QED) is 0.304. The Morgan fingerprint density at radius 1 is 1.08 bits per heavy atom. The normalized spacial score (nSPS) is 22.7. The number of phenols is 2. The van der Waals surface area contributed by atoms with Gasteiger partial charge in [0, 0.05) is 54.5 Å². The van der Waals surface area contributed by atoms with Gasteiger partial charge in [-0.2, -0.15) is 0 Å². The third-order valence-corrected chi connectivity index (χ3v) is 8.04. The first-order valence-corrected chi connectivity index (χ1v) is 12.5. The van der Waals surface area contributed by atoms with Crippen LogP contribution in [0.3, 0.4) is 0 Å². The molecule has 194 valence electrons. The minimum atomic E-state index is -0.656. The molecule has 9 heteroatoms. The first kappa shape index (κ1) is 24.1. The minimum absolute atomic E-state index is 0.0847.